The molecule has 3 aromatic rings. The van der Waals surface area contributed by atoms with Crippen molar-refractivity contribution in [1.82, 2.24) is 9.97 Å². The fourth-order valence-corrected chi connectivity index (χ4v) is 2.16. The molecule has 110 valence electrons. The van der Waals surface area contributed by atoms with Crippen LogP contribution in [0.15, 0.2) is 60.8 Å². The van der Waals surface area contributed by atoms with E-state index in [0.717, 1.165) is 5.69 Å². The van der Waals surface area contributed by atoms with Crippen molar-refractivity contribution < 1.29 is 4.39 Å². The lowest BCUT2D eigenvalue weighted by atomic mass is 10.2. The lowest BCUT2D eigenvalue weighted by Gasteiger charge is -2.23. The van der Waals surface area contributed by atoms with Crippen LogP contribution < -0.4 is 10.6 Å². The zero-order valence-electron chi connectivity index (χ0n) is 11.4. The SMILES string of the molecule is Nc1ccnc(N(c2ccc(F)cc2)c2ccc(Cl)cc2)n1. The molecule has 0 radical (unpaired) electrons. The summed E-state index contributed by atoms with van der Waals surface area (Å²) in [7, 11) is 0. The molecule has 4 nitrogen and oxygen atoms in total. The summed E-state index contributed by atoms with van der Waals surface area (Å²) in [5.41, 5.74) is 7.25. The highest BCUT2D eigenvalue weighted by molar-refractivity contribution is 6.30. The third-order valence-corrected chi connectivity index (χ3v) is 3.29. The summed E-state index contributed by atoms with van der Waals surface area (Å²) >= 11 is 5.94. The molecule has 1 heterocycles. The number of benzene rings is 2. The van der Waals surface area contributed by atoms with Crippen LogP contribution in [0.2, 0.25) is 5.02 Å². The second-order valence-electron chi connectivity index (χ2n) is 4.57. The molecule has 0 saturated heterocycles. The molecule has 0 amide bonds. The number of anilines is 4. The standard InChI is InChI=1S/C16H12ClFN4/c17-11-1-5-13(6-2-11)22(14-7-3-12(18)4-8-14)16-20-10-9-15(19)21-16/h1-10H,(H2,19,20,21). The number of nitrogen functional groups attached to an aromatic ring is 1. The lowest BCUT2D eigenvalue weighted by molar-refractivity contribution is 0.628. The highest BCUT2D eigenvalue weighted by Gasteiger charge is 2.15. The molecule has 3 rings (SSSR count). The van der Waals surface area contributed by atoms with Crippen LogP contribution in [0.1, 0.15) is 0 Å². The maximum atomic E-state index is 13.2. The van der Waals surface area contributed by atoms with Crippen molar-refractivity contribution in [2.45, 2.75) is 0 Å². The molecule has 0 bridgehead atoms. The van der Waals surface area contributed by atoms with Crippen molar-refractivity contribution in [1.29, 1.82) is 0 Å². The Hall–Kier alpha value is -2.66. The number of nitrogens with two attached hydrogens (primary N) is 1. The molecule has 0 spiro atoms. The monoisotopic (exact) mass is 314 g/mol. The Bertz CT molecular complexity index is 729. The fourth-order valence-electron chi connectivity index (χ4n) is 2.03. The van der Waals surface area contributed by atoms with Crippen LogP contribution in [0.3, 0.4) is 0 Å². The molecular formula is C16H12ClFN4. The van der Waals surface area contributed by atoms with Crippen LogP contribution in [-0.2, 0) is 0 Å². The van der Waals surface area contributed by atoms with Gasteiger partial charge in [0.25, 0.3) is 0 Å². The second kappa shape index (κ2) is 5.99. The molecule has 0 aliphatic heterocycles. The fraction of sp³-hybridized carbons (Fsp3) is 0. The van der Waals surface area contributed by atoms with Gasteiger partial charge in [0.1, 0.15) is 11.6 Å². The maximum absolute atomic E-state index is 13.2. The molecule has 22 heavy (non-hydrogen) atoms. The van der Waals surface area contributed by atoms with Crippen LogP contribution in [0.25, 0.3) is 0 Å². The average Bonchev–Trinajstić information content (AvgIpc) is 2.51. The maximum Gasteiger partial charge on any atom is 0.236 e. The highest BCUT2D eigenvalue weighted by Crippen LogP contribution is 2.32. The van der Waals surface area contributed by atoms with Gasteiger partial charge in [-0.2, -0.15) is 4.98 Å². The van der Waals surface area contributed by atoms with E-state index >= 15 is 0 Å². The lowest BCUT2D eigenvalue weighted by Crippen LogP contribution is -2.13. The van der Waals surface area contributed by atoms with Gasteiger partial charge in [-0.1, -0.05) is 11.6 Å². The largest absolute Gasteiger partial charge is 0.384 e. The van der Waals surface area contributed by atoms with Gasteiger partial charge in [-0.15, -0.1) is 0 Å². The summed E-state index contributed by atoms with van der Waals surface area (Å²) in [6, 6.07) is 14.9. The normalized spacial score (nSPS) is 10.5. The van der Waals surface area contributed by atoms with Gasteiger partial charge in [-0.05, 0) is 54.6 Å². The molecule has 6 heteroatoms. The van der Waals surface area contributed by atoms with E-state index in [0.29, 0.717) is 22.5 Å². The van der Waals surface area contributed by atoms with Crippen molar-refractivity contribution >= 4 is 34.7 Å². The minimum absolute atomic E-state index is 0.312. The predicted octanol–water partition coefficient (Wildman–Crippen LogP) is 4.32. The number of hydrogen-bond donors (Lipinski definition) is 1. The van der Waals surface area contributed by atoms with Gasteiger partial charge in [-0.25, -0.2) is 9.37 Å². The van der Waals surface area contributed by atoms with Crippen LogP contribution in [0.5, 0.6) is 0 Å². The number of aromatic nitrogens is 2. The molecule has 2 N–H and O–H groups in total. The van der Waals surface area contributed by atoms with Gasteiger partial charge in [0.2, 0.25) is 5.95 Å². The quantitative estimate of drug-likeness (QED) is 0.782. The number of hydrogen-bond acceptors (Lipinski definition) is 4. The topological polar surface area (TPSA) is 55.0 Å². The molecule has 0 aliphatic rings. The summed E-state index contributed by atoms with van der Waals surface area (Å²) in [5.74, 6) is 0.438. The zero-order valence-corrected chi connectivity index (χ0v) is 12.2. The van der Waals surface area contributed by atoms with Gasteiger partial charge in [0.15, 0.2) is 0 Å². The molecule has 0 fully saturated rings. The number of rotatable bonds is 3. The van der Waals surface area contributed by atoms with E-state index in [1.54, 1.807) is 41.4 Å². The Balaban J connectivity index is 2.13. The average molecular weight is 315 g/mol. The van der Waals surface area contributed by atoms with Crippen LogP contribution in [0, 0.1) is 5.82 Å². The van der Waals surface area contributed by atoms with E-state index in [1.807, 2.05) is 12.1 Å². The number of halogens is 2. The summed E-state index contributed by atoms with van der Waals surface area (Å²) < 4.78 is 13.2. The first-order valence-electron chi connectivity index (χ1n) is 6.53. The number of nitrogens with zero attached hydrogens (tertiary/aromatic N) is 3. The first kappa shape index (κ1) is 14.3. The summed E-state index contributed by atoms with van der Waals surface area (Å²) in [5, 5.41) is 0.622. The summed E-state index contributed by atoms with van der Waals surface area (Å²) in [6.07, 6.45) is 1.57. The highest BCUT2D eigenvalue weighted by atomic mass is 35.5. The first-order chi connectivity index (χ1) is 10.6. The van der Waals surface area contributed by atoms with Gasteiger partial charge < -0.3 is 5.73 Å². The Morgan fingerprint density at radius 2 is 1.50 bits per heavy atom. The van der Waals surface area contributed by atoms with Crippen molar-refractivity contribution in [2.24, 2.45) is 0 Å². The van der Waals surface area contributed by atoms with E-state index in [1.165, 1.54) is 12.1 Å². The van der Waals surface area contributed by atoms with E-state index in [2.05, 4.69) is 9.97 Å². The van der Waals surface area contributed by atoms with Gasteiger partial charge in [0.05, 0.1) is 0 Å². The molecule has 0 aliphatic carbocycles. The summed E-state index contributed by atoms with van der Waals surface area (Å²) in [6.45, 7) is 0. The predicted molar refractivity (Wildman–Crippen MR) is 86.1 cm³/mol. The summed E-state index contributed by atoms with van der Waals surface area (Å²) in [4.78, 5) is 10.3. The van der Waals surface area contributed by atoms with Crippen LogP contribution in [0.4, 0.5) is 27.5 Å². The van der Waals surface area contributed by atoms with Crippen LogP contribution in [-0.4, -0.2) is 9.97 Å². The van der Waals surface area contributed by atoms with Gasteiger partial charge >= 0.3 is 0 Å². The Labute approximate surface area is 132 Å². The van der Waals surface area contributed by atoms with Crippen molar-refractivity contribution in [3.05, 3.63) is 71.6 Å². The molecular weight excluding hydrogens is 303 g/mol. The second-order valence-corrected chi connectivity index (χ2v) is 5.01. The van der Waals surface area contributed by atoms with Crippen molar-refractivity contribution in [2.75, 3.05) is 10.6 Å². The van der Waals surface area contributed by atoms with E-state index in [9.17, 15) is 4.39 Å². The first-order valence-corrected chi connectivity index (χ1v) is 6.91. The molecule has 2 aromatic carbocycles. The minimum atomic E-state index is -0.312. The zero-order chi connectivity index (χ0) is 15.5. The Kier molecular flexibility index (Phi) is 3.89. The van der Waals surface area contributed by atoms with Gasteiger partial charge in [-0.3, -0.25) is 4.90 Å². The third kappa shape index (κ3) is 2.99. The van der Waals surface area contributed by atoms with Crippen LogP contribution >= 0.6 is 11.6 Å². The molecule has 0 unspecified atom stereocenters. The van der Waals surface area contributed by atoms with E-state index < -0.39 is 0 Å². The molecule has 0 saturated carbocycles. The van der Waals surface area contributed by atoms with E-state index in [-0.39, 0.29) is 5.82 Å². The third-order valence-electron chi connectivity index (χ3n) is 3.03. The Morgan fingerprint density at radius 3 is 2.09 bits per heavy atom. The van der Waals surface area contributed by atoms with Gasteiger partial charge in [0, 0.05) is 22.6 Å². The minimum Gasteiger partial charge on any atom is -0.384 e. The Morgan fingerprint density at radius 1 is 0.909 bits per heavy atom. The smallest absolute Gasteiger partial charge is 0.236 e. The van der Waals surface area contributed by atoms with Crippen molar-refractivity contribution in [3.8, 4) is 0 Å². The van der Waals surface area contributed by atoms with Crippen molar-refractivity contribution in [3.63, 3.8) is 0 Å². The molecule has 0 atom stereocenters. The molecule has 1 aromatic heterocycles. The van der Waals surface area contributed by atoms with E-state index in [4.69, 9.17) is 17.3 Å².